The first-order valence-electron chi connectivity index (χ1n) is 4.45. The Labute approximate surface area is 99.0 Å². The summed E-state index contributed by atoms with van der Waals surface area (Å²) in [6.07, 6.45) is -2.16. The topological polar surface area (TPSA) is 89.6 Å². The molecule has 0 spiro atoms. The van der Waals surface area contributed by atoms with Gasteiger partial charge in [0.05, 0.1) is 0 Å². The number of aliphatic hydroxyl groups is 1. The van der Waals surface area contributed by atoms with E-state index in [-0.39, 0.29) is 0 Å². The molecule has 0 heterocycles. The molecule has 0 aromatic heterocycles. The van der Waals surface area contributed by atoms with Gasteiger partial charge >= 0.3 is 10.3 Å². The monoisotopic (exact) mass is 265 g/mol. The van der Waals surface area contributed by atoms with Crippen LogP contribution >= 0.6 is 11.6 Å². The molecule has 0 saturated heterocycles. The van der Waals surface area contributed by atoms with Gasteiger partial charge in [-0.05, 0) is 13.0 Å². The predicted molar refractivity (Wildman–Crippen MR) is 60.1 cm³/mol. The zero-order chi connectivity index (χ0) is 12.3. The van der Waals surface area contributed by atoms with Gasteiger partial charge in [-0.15, -0.1) is 0 Å². The van der Waals surface area contributed by atoms with Gasteiger partial charge in [0.25, 0.3) is 0 Å². The van der Waals surface area contributed by atoms with E-state index in [0.29, 0.717) is 10.6 Å². The quantitative estimate of drug-likeness (QED) is 0.849. The lowest BCUT2D eigenvalue weighted by Gasteiger charge is -2.18. The molecule has 5 nitrogen and oxygen atoms in total. The summed E-state index contributed by atoms with van der Waals surface area (Å²) in [5.74, 6) is 0. The van der Waals surface area contributed by atoms with Gasteiger partial charge in [-0.25, -0.2) is 5.14 Å². The molecule has 0 unspecified atom stereocenters. The normalized spacial score (nSPS) is 15.8. The van der Waals surface area contributed by atoms with Crippen molar-refractivity contribution in [1.82, 2.24) is 0 Å². The van der Waals surface area contributed by atoms with E-state index in [1.807, 2.05) is 0 Å². The molecule has 1 aromatic carbocycles. The molecule has 0 amide bonds. The van der Waals surface area contributed by atoms with E-state index in [1.54, 1.807) is 24.3 Å². The fourth-order valence-electron chi connectivity index (χ4n) is 1.23. The van der Waals surface area contributed by atoms with Crippen molar-refractivity contribution in [3.8, 4) is 0 Å². The van der Waals surface area contributed by atoms with E-state index >= 15 is 0 Å². The molecule has 16 heavy (non-hydrogen) atoms. The maximum absolute atomic E-state index is 10.7. The second-order valence-electron chi connectivity index (χ2n) is 3.26. The van der Waals surface area contributed by atoms with Crippen LogP contribution in [0, 0.1) is 0 Å². The third-order valence-corrected chi connectivity index (χ3v) is 2.87. The zero-order valence-electron chi connectivity index (χ0n) is 8.50. The van der Waals surface area contributed by atoms with Gasteiger partial charge in [-0.2, -0.15) is 8.42 Å². The standard InChI is InChI=1S/C9H12ClNO4S/c1-6(15-16(11,13)14)9(12)7-4-2-3-5-8(7)10/h2-6,9,12H,1H3,(H2,11,13,14)/t6-,9+/m1/s1. The van der Waals surface area contributed by atoms with Gasteiger partial charge < -0.3 is 5.11 Å². The van der Waals surface area contributed by atoms with E-state index in [2.05, 4.69) is 4.18 Å². The number of halogens is 1. The second-order valence-corrected chi connectivity index (χ2v) is 4.85. The Balaban J connectivity index is 2.86. The third kappa shape index (κ3) is 3.73. The van der Waals surface area contributed by atoms with Crippen molar-refractivity contribution in [2.45, 2.75) is 19.1 Å². The molecular formula is C9H12ClNO4S. The highest BCUT2D eigenvalue weighted by Gasteiger charge is 2.22. The molecule has 0 aliphatic carbocycles. The van der Waals surface area contributed by atoms with Gasteiger partial charge in [0.1, 0.15) is 12.2 Å². The Bertz CT molecular complexity index is 462. The largest absolute Gasteiger partial charge is 0.386 e. The fourth-order valence-corrected chi connectivity index (χ4v) is 2.01. The van der Waals surface area contributed by atoms with Crippen LogP contribution in [-0.4, -0.2) is 19.6 Å². The smallest absolute Gasteiger partial charge is 0.333 e. The molecule has 90 valence electrons. The van der Waals surface area contributed by atoms with Crippen molar-refractivity contribution in [2.24, 2.45) is 5.14 Å². The number of nitrogens with two attached hydrogens (primary N) is 1. The van der Waals surface area contributed by atoms with Crippen LogP contribution in [0.25, 0.3) is 0 Å². The lowest BCUT2D eigenvalue weighted by molar-refractivity contribution is 0.0509. The SMILES string of the molecule is C[C@@H](OS(N)(=O)=O)[C@H](O)c1ccccc1Cl. The number of hydrogen-bond donors (Lipinski definition) is 2. The van der Waals surface area contributed by atoms with Crippen molar-refractivity contribution in [1.29, 1.82) is 0 Å². The first kappa shape index (κ1) is 13.4. The summed E-state index contributed by atoms with van der Waals surface area (Å²) in [7, 11) is -4.09. The molecule has 0 fully saturated rings. The number of aliphatic hydroxyl groups excluding tert-OH is 1. The van der Waals surface area contributed by atoms with Crippen molar-refractivity contribution < 1.29 is 17.7 Å². The third-order valence-electron chi connectivity index (χ3n) is 1.95. The summed E-state index contributed by atoms with van der Waals surface area (Å²) < 4.78 is 25.8. The van der Waals surface area contributed by atoms with Crippen molar-refractivity contribution in [3.05, 3.63) is 34.9 Å². The number of hydrogen-bond acceptors (Lipinski definition) is 4. The number of rotatable bonds is 4. The first-order chi connectivity index (χ1) is 7.31. The lowest BCUT2D eigenvalue weighted by Crippen LogP contribution is -2.27. The van der Waals surface area contributed by atoms with Gasteiger partial charge in [-0.1, -0.05) is 29.8 Å². The summed E-state index contributed by atoms with van der Waals surface area (Å²) in [6, 6.07) is 6.54. The van der Waals surface area contributed by atoms with Gasteiger partial charge in [0, 0.05) is 10.6 Å². The van der Waals surface area contributed by atoms with Crippen LogP contribution in [-0.2, 0) is 14.5 Å². The van der Waals surface area contributed by atoms with Crippen LogP contribution in [0.2, 0.25) is 5.02 Å². The van der Waals surface area contributed by atoms with Gasteiger partial charge in [0.2, 0.25) is 0 Å². The molecule has 2 atom stereocenters. The van der Waals surface area contributed by atoms with E-state index in [4.69, 9.17) is 16.7 Å². The van der Waals surface area contributed by atoms with E-state index < -0.39 is 22.5 Å². The minimum Gasteiger partial charge on any atom is -0.386 e. The van der Waals surface area contributed by atoms with Crippen LogP contribution < -0.4 is 5.14 Å². The maximum Gasteiger partial charge on any atom is 0.333 e. The van der Waals surface area contributed by atoms with Crippen LogP contribution in [0.4, 0.5) is 0 Å². The Kier molecular flexibility index (Phi) is 4.28. The highest BCUT2D eigenvalue weighted by molar-refractivity contribution is 7.84. The maximum atomic E-state index is 10.7. The van der Waals surface area contributed by atoms with Crippen molar-refractivity contribution in [3.63, 3.8) is 0 Å². The molecule has 3 N–H and O–H groups in total. The Morgan fingerprint density at radius 3 is 2.50 bits per heavy atom. The average molecular weight is 266 g/mol. The molecule has 1 rings (SSSR count). The van der Waals surface area contributed by atoms with E-state index in [0.717, 1.165) is 0 Å². The Morgan fingerprint density at radius 2 is 2.00 bits per heavy atom. The molecule has 0 saturated carbocycles. The molecule has 0 aliphatic rings. The molecular weight excluding hydrogens is 254 g/mol. The van der Waals surface area contributed by atoms with Gasteiger partial charge in [0.15, 0.2) is 0 Å². The molecule has 1 aromatic rings. The van der Waals surface area contributed by atoms with E-state index in [9.17, 15) is 13.5 Å². The first-order valence-corrected chi connectivity index (χ1v) is 6.29. The Morgan fingerprint density at radius 1 is 1.44 bits per heavy atom. The minimum absolute atomic E-state index is 0.333. The molecule has 0 radical (unpaired) electrons. The lowest BCUT2D eigenvalue weighted by atomic mass is 10.1. The summed E-state index contributed by atoms with van der Waals surface area (Å²) in [5.41, 5.74) is 0.389. The summed E-state index contributed by atoms with van der Waals surface area (Å²) in [4.78, 5) is 0. The average Bonchev–Trinajstić information content (AvgIpc) is 2.15. The van der Waals surface area contributed by atoms with Crippen molar-refractivity contribution in [2.75, 3.05) is 0 Å². The highest BCUT2D eigenvalue weighted by Crippen LogP contribution is 2.26. The molecule has 0 aliphatic heterocycles. The highest BCUT2D eigenvalue weighted by atomic mass is 35.5. The van der Waals surface area contributed by atoms with Crippen LogP contribution in [0.1, 0.15) is 18.6 Å². The number of benzene rings is 1. The van der Waals surface area contributed by atoms with E-state index in [1.165, 1.54) is 6.92 Å². The summed E-state index contributed by atoms with van der Waals surface area (Å²) in [6.45, 7) is 1.39. The van der Waals surface area contributed by atoms with Crippen molar-refractivity contribution >= 4 is 21.9 Å². The van der Waals surface area contributed by atoms with Crippen LogP contribution in [0.5, 0.6) is 0 Å². The second kappa shape index (κ2) is 5.11. The van der Waals surface area contributed by atoms with Crippen LogP contribution in [0.15, 0.2) is 24.3 Å². The molecule has 0 bridgehead atoms. The minimum atomic E-state index is -4.09. The Hall–Kier alpha value is -0.660. The molecule has 7 heteroatoms. The van der Waals surface area contributed by atoms with Gasteiger partial charge in [-0.3, -0.25) is 4.18 Å². The fraction of sp³-hybridized carbons (Fsp3) is 0.333. The predicted octanol–water partition coefficient (Wildman–Crippen LogP) is 0.982. The summed E-state index contributed by atoms with van der Waals surface area (Å²) >= 11 is 5.84. The van der Waals surface area contributed by atoms with Crippen LogP contribution in [0.3, 0.4) is 0 Å². The summed E-state index contributed by atoms with van der Waals surface area (Å²) in [5, 5.41) is 14.8. The zero-order valence-corrected chi connectivity index (χ0v) is 10.1.